The van der Waals surface area contributed by atoms with Gasteiger partial charge in [-0.2, -0.15) is 0 Å². The molecule has 0 spiro atoms. The van der Waals surface area contributed by atoms with E-state index in [0.29, 0.717) is 5.41 Å². The Labute approximate surface area is 82.0 Å². The van der Waals surface area contributed by atoms with E-state index in [1.807, 2.05) is 0 Å². The summed E-state index contributed by atoms with van der Waals surface area (Å²) in [5, 5.41) is 3.35. The van der Waals surface area contributed by atoms with Crippen LogP contribution >= 0.6 is 0 Å². The molecule has 1 aliphatic rings. The first-order valence-electron chi connectivity index (χ1n) is 5.61. The minimum Gasteiger partial charge on any atom is -0.381 e. The van der Waals surface area contributed by atoms with Crippen molar-refractivity contribution >= 4 is 0 Å². The molecule has 1 rings (SSSR count). The molecule has 0 bridgehead atoms. The fourth-order valence-corrected chi connectivity index (χ4v) is 1.72. The maximum Gasteiger partial charge on any atom is 0.0472 e. The summed E-state index contributed by atoms with van der Waals surface area (Å²) in [4.78, 5) is 0. The number of hydrogen-bond donors (Lipinski definition) is 1. The van der Waals surface area contributed by atoms with Gasteiger partial charge < -0.3 is 10.1 Å². The Bertz CT molecular complexity index is 127. The van der Waals surface area contributed by atoms with Crippen molar-refractivity contribution in [1.29, 1.82) is 0 Å². The molecule has 13 heavy (non-hydrogen) atoms. The molecule has 1 saturated heterocycles. The van der Waals surface area contributed by atoms with Crippen molar-refractivity contribution in [3.63, 3.8) is 0 Å². The van der Waals surface area contributed by atoms with Gasteiger partial charge in [-0.3, -0.25) is 0 Å². The topological polar surface area (TPSA) is 21.3 Å². The number of rotatable bonds is 7. The second-order valence-corrected chi connectivity index (χ2v) is 4.17. The van der Waals surface area contributed by atoms with E-state index in [2.05, 4.69) is 19.2 Å². The van der Waals surface area contributed by atoms with Crippen LogP contribution < -0.4 is 5.32 Å². The van der Waals surface area contributed by atoms with Crippen LogP contribution in [0.4, 0.5) is 0 Å². The SMILES string of the molecule is CCCCOCCC1(CC)CNC1. The van der Waals surface area contributed by atoms with Crippen LogP contribution in [-0.2, 0) is 4.74 Å². The lowest BCUT2D eigenvalue weighted by Gasteiger charge is -2.42. The lowest BCUT2D eigenvalue weighted by atomic mass is 9.76. The van der Waals surface area contributed by atoms with Gasteiger partial charge >= 0.3 is 0 Å². The van der Waals surface area contributed by atoms with Gasteiger partial charge in [-0.15, -0.1) is 0 Å². The highest BCUT2D eigenvalue weighted by molar-refractivity contribution is 4.90. The Kier molecular flexibility index (Phi) is 4.74. The maximum atomic E-state index is 5.58. The summed E-state index contributed by atoms with van der Waals surface area (Å²) in [6.45, 7) is 8.78. The van der Waals surface area contributed by atoms with Gasteiger partial charge in [-0.25, -0.2) is 0 Å². The first-order valence-corrected chi connectivity index (χ1v) is 5.61. The van der Waals surface area contributed by atoms with Crippen LogP contribution in [-0.4, -0.2) is 26.3 Å². The second kappa shape index (κ2) is 5.61. The number of hydrogen-bond acceptors (Lipinski definition) is 2. The summed E-state index contributed by atoms with van der Waals surface area (Å²) in [7, 11) is 0. The predicted molar refractivity (Wildman–Crippen MR) is 55.9 cm³/mol. The van der Waals surface area contributed by atoms with Gasteiger partial charge in [-0.05, 0) is 24.7 Å². The van der Waals surface area contributed by atoms with Gasteiger partial charge in [0.2, 0.25) is 0 Å². The predicted octanol–water partition coefficient (Wildman–Crippen LogP) is 2.19. The van der Waals surface area contributed by atoms with Crippen molar-refractivity contribution in [2.45, 2.75) is 39.5 Å². The third kappa shape index (κ3) is 3.28. The van der Waals surface area contributed by atoms with Crippen LogP contribution in [0.15, 0.2) is 0 Å². The largest absolute Gasteiger partial charge is 0.381 e. The molecule has 1 heterocycles. The zero-order valence-electron chi connectivity index (χ0n) is 9.07. The van der Waals surface area contributed by atoms with Crippen molar-refractivity contribution in [2.75, 3.05) is 26.3 Å². The Morgan fingerprint density at radius 3 is 2.46 bits per heavy atom. The van der Waals surface area contributed by atoms with Crippen molar-refractivity contribution in [3.05, 3.63) is 0 Å². The van der Waals surface area contributed by atoms with E-state index in [1.54, 1.807) is 0 Å². The molecule has 0 aromatic carbocycles. The van der Waals surface area contributed by atoms with Crippen LogP contribution in [0.25, 0.3) is 0 Å². The van der Waals surface area contributed by atoms with Gasteiger partial charge in [0, 0.05) is 26.3 Å². The average Bonchev–Trinajstić information content (AvgIpc) is 2.09. The van der Waals surface area contributed by atoms with E-state index in [1.165, 1.54) is 38.8 Å². The molecular formula is C11H23NO. The summed E-state index contributed by atoms with van der Waals surface area (Å²) in [6.07, 6.45) is 4.97. The quantitative estimate of drug-likeness (QED) is 0.614. The first-order chi connectivity index (χ1) is 6.33. The second-order valence-electron chi connectivity index (χ2n) is 4.17. The number of ether oxygens (including phenoxy) is 1. The van der Waals surface area contributed by atoms with Crippen molar-refractivity contribution in [2.24, 2.45) is 5.41 Å². The average molecular weight is 185 g/mol. The Morgan fingerprint density at radius 2 is 2.00 bits per heavy atom. The van der Waals surface area contributed by atoms with Gasteiger partial charge in [-0.1, -0.05) is 20.3 Å². The molecular weight excluding hydrogens is 162 g/mol. The standard InChI is InChI=1S/C11H23NO/c1-3-5-7-13-8-6-11(4-2)9-12-10-11/h12H,3-10H2,1-2H3. The minimum atomic E-state index is 0.576. The minimum absolute atomic E-state index is 0.576. The summed E-state index contributed by atoms with van der Waals surface area (Å²) in [5.74, 6) is 0. The summed E-state index contributed by atoms with van der Waals surface area (Å²) < 4.78 is 5.58. The molecule has 0 unspecified atom stereocenters. The summed E-state index contributed by atoms with van der Waals surface area (Å²) in [5.41, 5.74) is 0.576. The van der Waals surface area contributed by atoms with E-state index in [4.69, 9.17) is 4.74 Å². The maximum absolute atomic E-state index is 5.58. The molecule has 0 saturated carbocycles. The molecule has 0 radical (unpaired) electrons. The van der Waals surface area contributed by atoms with E-state index < -0.39 is 0 Å². The smallest absolute Gasteiger partial charge is 0.0472 e. The zero-order valence-corrected chi connectivity index (χ0v) is 9.07. The zero-order chi connectivity index (χ0) is 9.57. The van der Waals surface area contributed by atoms with E-state index in [-0.39, 0.29) is 0 Å². The highest BCUT2D eigenvalue weighted by Gasteiger charge is 2.34. The molecule has 0 amide bonds. The van der Waals surface area contributed by atoms with E-state index in [9.17, 15) is 0 Å². The molecule has 0 atom stereocenters. The molecule has 0 aromatic rings. The monoisotopic (exact) mass is 185 g/mol. The Balaban J connectivity index is 1.98. The van der Waals surface area contributed by atoms with Crippen LogP contribution in [0.3, 0.4) is 0 Å². The van der Waals surface area contributed by atoms with E-state index >= 15 is 0 Å². The first kappa shape index (κ1) is 11.0. The summed E-state index contributed by atoms with van der Waals surface area (Å²) in [6, 6.07) is 0. The van der Waals surface area contributed by atoms with Gasteiger partial charge in [0.25, 0.3) is 0 Å². The molecule has 1 fully saturated rings. The van der Waals surface area contributed by atoms with Gasteiger partial charge in [0.15, 0.2) is 0 Å². The normalized spacial score (nSPS) is 19.8. The molecule has 2 nitrogen and oxygen atoms in total. The molecule has 1 aliphatic heterocycles. The highest BCUT2D eigenvalue weighted by Crippen LogP contribution is 2.30. The Morgan fingerprint density at radius 1 is 1.23 bits per heavy atom. The number of nitrogens with one attached hydrogen (secondary N) is 1. The molecule has 1 N–H and O–H groups in total. The highest BCUT2D eigenvalue weighted by atomic mass is 16.5. The van der Waals surface area contributed by atoms with E-state index in [0.717, 1.165) is 13.2 Å². The van der Waals surface area contributed by atoms with Crippen molar-refractivity contribution < 1.29 is 4.74 Å². The number of unbranched alkanes of at least 4 members (excludes halogenated alkanes) is 1. The molecule has 0 aliphatic carbocycles. The lowest BCUT2D eigenvalue weighted by Crippen LogP contribution is -2.53. The third-order valence-electron chi connectivity index (χ3n) is 3.17. The lowest BCUT2D eigenvalue weighted by molar-refractivity contribution is 0.0617. The summed E-state index contributed by atoms with van der Waals surface area (Å²) >= 11 is 0. The fraction of sp³-hybridized carbons (Fsp3) is 1.00. The third-order valence-corrected chi connectivity index (χ3v) is 3.17. The van der Waals surface area contributed by atoms with Crippen LogP contribution in [0.2, 0.25) is 0 Å². The molecule has 0 aromatic heterocycles. The van der Waals surface area contributed by atoms with Crippen LogP contribution in [0.5, 0.6) is 0 Å². The van der Waals surface area contributed by atoms with Gasteiger partial charge in [0.05, 0.1) is 0 Å². The Hall–Kier alpha value is -0.0800. The van der Waals surface area contributed by atoms with Crippen molar-refractivity contribution in [3.8, 4) is 0 Å². The van der Waals surface area contributed by atoms with Crippen molar-refractivity contribution in [1.82, 2.24) is 5.32 Å². The van der Waals surface area contributed by atoms with Crippen LogP contribution in [0.1, 0.15) is 39.5 Å². The fourth-order valence-electron chi connectivity index (χ4n) is 1.72. The molecule has 78 valence electrons. The van der Waals surface area contributed by atoms with Crippen LogP contribution in [0, 0.1) is 5.41 Å². The van der Waals surface area contributed by atoms with Gasteiger partial charge in [0.1, 0.15) is 0 Å². The molecule has 2 heteroatoms.